The van der Waals surface area contributed by atoms with Crippen LogP contribution in [0.5, 0.6) is 0 Å². The molecule has 0 atom stereocenters. The third kappa shape index (κ3) is 0.899. The molecule has 1 aromatic heterocycles. The van der Waals surface area contributed by atoms with Gasteiger partial charge in [0.15, 0.2) is 11.3 Å². The Balaban J connectivity index is 3.04. The summed E-state index contributed by atoms with van der Waals surface area (Å²) < 4.78 is 0. The van der Waals surface area contributed by atoms with Crippen LogP contribution in [0, 0.1) is 6.20 Å². The van der Waals surface area contributed by atoms with Crippen molar-refractivity contribution in [3.63, 3.8) is 0 Å². The number of aryl methyl sites for hydroxylation is 1. The van der Waals surface area contributed by atoms with Gasteiger partial charge < -0.3 is 0 Å². The number of nitrogens with zero attached hydrogens (tertiary/aromatic N) is 3. The van der Waals surface area contributed by atoms with Gasteiger partial charge in [-0.3, -0.25) is 0 Å². The van der Waals surface area contributed by atoms with Gasteiger partial charge in [-0.05, 0) is 0 Å². The fourth-order valence-corrected chi connectivity index (χ4v) is 0.433. The van der Waals surface area contributed by atoms with Crippen LogP contribution < -0.4 is 0 Å². The van der Waals surface area contributed by atoms with Crippen LogP contribution in [0.4, 0.5) is 0 Å². The molecule has 1 aromatic rings. The number of halogens is 1. The second kappa shape index (κ2) is 1.50. The molecule has 4 heteroatoms. The van der Waals surface area contributed by atoms with Crippen molar-refractivity contribution in [1.29, 1.82) is 0 Å². The molecule has 0 amide bonds. The smallest absolute Gasteiger partial charge is 0.181 e. The van der Waals surface area contributed by atoms with Crippen LogP contribution in [0.15, 0.2) is 0 Å². The summed E-state index contributed by atoms with van der Waals surface area (Å²) in [6.07, 6.45) is 2.44. The van der Waals surface area contributed by atoms with Crippen LogP contribution in [0.2, 0.25) is 5.15 Å². The average molecular weight is 117 g/mol. The molecule has 0 aliphatic rings. The van der Waals surface area contributed by atoms with E-state index in [2.05, 4.69) is 16.4 Å². The first kappa shape index (κ1) is 4.59. The fourth-order valence-electron chi connectivity index (χ4n) is 0.285. The van der Waals surface area contributed by atoms with Crippen LogP contribution in [0.1, 0.15) is 0 Å². The van der Waals surface area contributed by atoms with Crippen molar-refractivity contribution in [2.75, 3.05) is 0 Å². The van der Waals surface area contributed by atoms with E-state index in [0.717, 1.165) is 0 Å². The zero-order valence-corrected chi connectivity index (χ0v) is 4.48. The van der Waals surface area contributed by atoms with Gasteiger partial charge in [0.05, 0.1) is 0 Å². The van der Waals surface area contributed by atoms with Gasteiger partial charge in [-0.25, -0.2) is 0 Å². The van der Waals surface area contributed by atoms with Crippen molar-refractivity contribution in [1.82, 2.24) is 15.0 Å². The number of aromatic nitrogens is 3. The lowest BCUT2D eigenvalue weighted by Gasteiger charge is -1.75. The third-order valence-corrected chi connectivity index (χ3v) is 0.680. The molecular weight excluding hydrogens is 114 g/mol. The summed E-state index contributed by atoms with van der Waals surface area (Å²) in [5, 5.41) is 7.50. The molecular formula is C3H3ClN3. The second-order valence-electron chi connectivity index (χ2n) is 1.09. The second-order valence-corrected chi connectivity index (χ2v) is 1.45. The van der Waals surface area contributed by atoms with E-state index in [1.54, 1.807) is 7.05 Å². The van der Waals surface area contributed by atoms with E-state index >= 15 is 0 Å². The van der Waals surface area contributed by atoms with Crippen LogP contribution in [-0.4, -0.2) is 15.0 Å². The molecule has 0 spiro atoms. The molecule has 0 fully saturated rings. The van der Waals surface area contributed by atoms with Gasteiger partial charge in [0.25, 0.3) is 0 Å². The van der Waals surface area contributed by atoms with Crippen molar-refractivity contribution < 1.29 is 0 Å². The summed E-state index contributed by atoms with van der Waals surface area (Å²) in [7, 11) is 1.68. The van der Waals surface area contributed by atoms with Gasteiger partial charge in [0.2, 0.25) is 0 Å². The van der Waals surface area contributed by atoms with E-state index in [1.165, 1.54) is 4.80 Å². The highest BCUT2D eigenvalue weighted by Gasteiger charge is 1.87. The summed E-state index contributed by atoms with van der Waals surface area (Å²) in [6, 6.07) is 0. The summed E-state index contributed by atoms with van der Waals surface area (Å²) in [4.78, 5) is 1.35. The lowest BCUT2D eigenvalue weighted by molar-refractivity contribution is 0.653. The molecule has 37 valence electrons. The molecule has 0 N–H and O–H groups in total. The van der Waals surface area contributed by atoms with Crippen LogP contribution in [-0.2, 0) is 7.05 Å². The standard InChI is InChI=1S/C3H3ClN3/c1-7-5-2-3(4)6-7/h1H3. The molecule has 0 aromatic carbocycles. The zero-order chi connectivity index (χ0) is 5.28. The molecule has 1 radical (unpaired) electrons. The maximum Gasteiger partial charge on any atom is 0.181 e. The maximum absolute atomic E-state index is 5.31. The molecule has 0 bridgehead atoms. The Hall–Kier alpha value is -0.570. The summed E-state index contributed by atoms with van der Waals surface area (Å²) >= 11 is 5.31. The molecule has 0 aliphatic carbocycles. The fraction of sp³-hybridized carbons (Fsp3) is 0.333. The first-order valence-corrected chi connectivity index (χ1v) is 2.11. The van der Waals surface area contributed by atoms with Crippen LogP contribution in [0.25, 0.3) is 0 Å². The Kier molecular flexibility index (Phi) is 0.982. The largest absolute Gasteiger partial charge is 0.186 e. The number of hydrogen-bond acceptors (Lipinski definition) is 2. The van der Waals surface area contributed by atoms with Gasteiger partial charge >= 0.3 is 0 Å². The van der Waals surface area contributed by atoms with Gasteiger partial charge in [0.1, 0.15) is 0 Å². The van der Waals surface area contributed by atoms with Crippen molar-refractivity contribution in [3.05, 3.63) is 11.3 Å². The molecule has 0 aliphatic heterocycles. The lowest BCUT2D eigenvalue weighted by atomic mass is 11.0. The number of rotatable bonds is 0. The summed E-state index contributed by atoms with van der Waals surface area (Å²) in [6.45, 7) is 0. The minimum atomic E-state index is 0.308. The highest BCUT2D eigenvalue weighted by Crippen LogP contribution is 1.94. The normalized spacial score (nSPS) is 9.43. The SMILES string of the molecule is Cn1n[c]c(Cl)n1. The molecule has 0 saturated heterocycles. The van der Waals surface area contributed by atoms with Gasteiger partial charge in [-0.15, -0.1) is 5.10 Å². The molecule has 3 nitrogen and oxygen atoms in total. The van der Waals surface area contributed by atoms with E-state index in [4.69, 9.17) is 11.6 Å². The first-order chi connectivity index (χ1) is 3.29. The molecule has 1 heterocycles. The first-order valence-electron chi connectivity index (χ1n) is 1.73. The highest BCUT2D eigenvalue weighted by molar-refractivity contribution is 6.29. The Morgan fingerprint density at radius 3 is 2.71 bits per heavy atom. The van der Waals surface area contributed by atoms with E-state index in [0.29, 0.717) is 5.15 Å². The Morgan fingerprint density at radius 1 is 1.86 bits per heavy atom. The van der Waals surface area contributed by atoms with E-state index in [-0.39, 0.29) is 0 Å². The lowest BCUT2D eigenvalue weighted by Crippen LogP contribution is -1.90. The Morgan fingerprint density at radius 2 is 2.57 bits per heavy atom. The average Bonchev–Trinajstić information content (AvgIpc) is 1.87. The van der Waals surface area contributed by atoms with Gasteiger partial charge in [-0.2, -0.15) is 9.90 Å². The van der Waals surface area contributed by atoms with E-state index in [9.17, 15) is 0 Å². The van der Waals surface area contributed by atoms with Crippen LogP contribution in [0.3, 0.4) is 0 Å². The number of hydrogen-bond donors (Lipinski definition) is 0. The Bertz CT molecular complexity index is 142. The van der Waals surface area contributed by atoms with E-state index in [1.807, 2.05) is 0 Å². The monoisotopic (exact) mass is 116 g/mol. The van der Waals surface area contributed by atoms with Crippen molar-refractivity contribution >= 4 is 11.6 Å². The maximum atomic E-state index is 5.31. The minimum absolute atomic E-state index is 0.308. The molecule has 7 heavy (non-hydrogen) atoms. The quantitative estimate of drug-likeness (QED) is 0.487. The third-order valence-electron chi connectivity index (χ3n) is 0.519. The van der Waals surface area contributed by atoms with Crippen molar-refractivity contribution in [2.45, 2.75) is 0 Å². The van der Waals surface area contributed by atoms with E-state index < -0.39 is 0 Å². The van der Waals surface area contributed by atoms with Crippen molar-refractivity contribution in [2.24, 2.45) is 7.05 Å². The molecule has 1 rings (SSSR count). The summed E-state index contributed by atoms with van der Waals surface area (Å²) in [5.41, 5.74) is 0. The minimum Gasteiger partial charge on any atom is -0.186 e. The highest BCUT2D eigenvalue weighted by atomic mass is 35.5. The predicted octanol–water partition coefficient (Wildman–Crippen LogP) is 0.269. The van der Waals surface area contributed by atoms with Crippen LogP contribution >= 0.6 is 11.6 Å². The van der Waals surface area contributed by atoms with Crippen molar-refractivity contribution in [3.8, 4) is 0 Å². The molecule has 0 saturated carbocycles. The summed E-state index contributed by atoms with van der Waals surface area (Å²) in [5.74, 6) is 0. The predicted molar refractivity (Wildman–Crippen MR) is 24.8 cm³/mol. The van der Waals surface area contributed by atoms with Gasteiger partial charge in [-0.1, -0.05) is 11.6 Å². The molecule has 0 unspecified atom stereocenters. The zero-order valence-electron chi connectivity index (χ0n) is 3.72. The topological polar surface area (TPSA) is 30.7 Å². The Labute approximate surface area is 45.9 Å². The van der Waals surface area contributed by atoms with Gasteiger partial charge in [0, 0.05) is 7.05 Å².